The van der Waals surface area contributed by atoms with Gasteiger partial charge >= 0.3 is 106 Å². The standard InChI is InChI=1S/AsH3O4.K.O.Ti.H/c2-1(3,4)5;;;;/h(H3,2,3,4,5);;;;. The van der Waals surface area contributed by atoms with Gasteiger partial charge in [-0.15, -0.1) is 0 Å². The van der Waals surface area contributed by atoms with Gasteiger partial charge < -0.3 is 0 Å². The summed E-state index contributed by atoms with van der Waals surface area (Å²) in [5.74, 6) is 0. The van der Waals surface area contributed by atoms with Gasteiger partial charge in [-0.25, -0.2) is 0 Å². The first-order valence-corrected chi connectivity index (χ1v) is 4.91. The molecule has 0 aromatic heterocycles. The Morgan fingerprint density at radius 2 is 1.12 bits per heavy atom. The Morgan fingerprint density at radius 1 is 1.12 bits per heavy atom. The van der Waals surface area contributed by atoms with Gasteiger partial charge in [0, 0.05) is 0 Å². The fourth-order valence-electron chi connectivity index (χ4n) is 0. The number of hydrogen-bond donors (Lipinski definition) is 3. The molecule has 0 aliphatic heterocycles. The summed E-state index contributed by atoms with van der Waals surface area (Å²) in [6.07, 6.45) is 0. The zero-order chi connectivity index (χ0) is 6.50. The molecule has 0 saturated heterocycles. The van der Waals surface area contributed by atoms with E-state index < -0.39 is 14.5 Å². The Kier molecular flexibility index (Phi) is 19.7. The first-order valence-electron chi connectivity index (χ1n) is 0.987. The molecule has 0 aliphatic carbocycles. The van der Waals surface area contributed by atoms with Crippen molar-refractivity contribution in [3.05, 3.63) is 0 Å². The van der Waals surface area contributed by atoms with E-state index in [0.29, 0.717) is 0 Å². The molecule has 5 nitrogen and oxygen atoms in total. The molecule has 0 radical (unpaired) electrons. The van der Waals surface area contributed by atoms with Gasteiger partial charge in [-0.2, -0.15) is 0 Å². The van der Waals surface area contributed by atoms with Gasteiger partial charge in [-0.05, 0) is 0 Å². The zero-order valence-electron chi connectivity index (χ0n) is 3.11. The average molecular weight is 246 g/mol. The molecule has 0 saturated carbocycles. The van der Waals surface area contributed by atoms with Crippen molar-refractivity contribution in [2.75, 3.05) is 0 Å². The van der Waals surface area contributed by atoms with Gasteiger partial charge in [0.1, 0.15) is 0 Å². The van der Waals surface area contributed by atoms with Crippen LogP contribution in [-0.2, 0) is 27.5 Å². The Balaban J connectivity index is -0.0000000750. The van der Waals surface area contributed by atoms with E-state index in [0.717, 1.165) is 20.4 Å². The van der Waals surface area contributed by atoms with Gasteiger partial charge in [0.15, 0.2) is 0 Å². The summed E-state index contributed by atoms with van der Waals surface area (Å²) in [4.78, 5) is 0. The van der Waals surface area contributed by atoms with E-state index in [1.807, 2.05) is 0 Å². The molecule has 3 N–H and O–H groups in total. The van der Waals surface area contributed by atoms with Crippen LogP contribution in [0.4, 0.5) is 0 Å². The van der Waals surface area contributed by atoms with Gasteiger partial charge in [0.25, 0.3) is 0 Å². The Labute approximate surface area is 103 Å². The van der Waals surface area contributed by atoms with E-state index in [1.165, 1.54) is 0 Å². The van der Waals surface area contributed by atoms with Crippen LogP contribution in [0.3, 0.4) is 0 Å². The normalized spacial score (nSPS) is 7.75. The molecule has 0 amide bonds. The van der Waals surface area contributed by atoms with Crippen LogP contribution < -0.4 is 0 Å². The molecule has 0 spiro atoms. The van der Waals surface area contributed by atoms with Crippen LogP contribution >= 0.6 is 0 Å². The number of hydrogen-bond acceptors (Lipinski definition) is 2. The van der Waals surface area contributed by atoms with E-state index in [2.05, 4.69) is 0 Å². The first kappa shape index (κ1) is 16.8. The molecule has 0 fully saturated rings. The third-order valence-electron chi connectivity index (χ3n) is 0. The van der Waals surface area contributed by atoms with Crippen LogP contribution in [0.2, 0.25) is 0 Å². The van der Waals surface area contributed by atoms with E-state index >= 15 is 0 Å². The monoisotopic (exact) mass is 246 g/mol. The second-order valence-corrected chi connectivity index (χ2v) is 2.67. The molecule has 0 aromatic carbocycles. The van der Waals surface area contributed by atoms with Gasteiger partial charge in [0.2, 0.25) is 0 Å². The van der Waals surface area contributed by atoms with Crippen molar-refractivity contribution in [1.29, 1.82) is 0 Å². The van der Waals surface area contributed by atoms with Gasteiger partial charge in [0.05, 0.1) is 0 Å². The van der Waals surface area contributed by atoms with Crippen LogP contribution in [-0.4, -0.2) is 78.2 Å². The van der Waals surface area contributed by atoms with E-state index in [1.54, 1.807) is 0 Å². The second-order valence-electron chi connectivity index (χ2n) is 0.513. The van der Waals surface area contributed by atoms with Crippen molar-refractivity contribution in [3.63, 3.8) is 0 Å². The Bertz CT molecular complexity index is 68.2. The Morgan fingerprint density at radius 3 is 1.12 bits per heavy atom. The van der Waals surface area contributed by atoms with Crippen LogP contribution in [0.1, 0.15) is 0 Å². The summed E-state index contributed by atoms with van der Waals surface area (Å²) in [7, 11) is 0. The van der Waals surface area contributed by atoms with Crippen LogP contribution in [0.25, 0.3) is 0 Å². The molecule has 44 valence electrons. The van der Waals surface area contributed by atoms with Crippen molar-refractivity contribution < 1.29 is 39.8 Å². The minimum absolute atomic E-state index is 0. The Hall–Kier alpha value is 2.39. The average Bonchev–Trinajstić information content (AvgIpc) is 1.36. The summed E-state index contributed by atoms with van der Waals surface area (Å²) in [5.41, 5.74) is 0. The van der Waals surface area contributed by atoms with Crippen molar-refractivity contribution in [1.82, 2.24) is 0 Å². The van der Waals surface area contributed by atoms with Crippen molar-refractivity contribution >= 4 is 65.9 Å². The fourth-order valence-corrected chi connectivity index (χ4v) is 0. The minimum atomic E-state index is -5.12. The summed E-state index contributed by atoms with van der Waals surface area (Å²) < 4.78 is 38.9. The molecule has 0 aliphatic rings. The quantitative estimate of drug-likeness (QED) is 0.397. The van der Waals surface area contributed by atoms with Crippen molar-refractivity contribution in [3.8, 4) is 0 Å². The summed E-state index contributed by atoms with van der Waals surface area (Å²) >= 11 is -4.38. The van der Waals surface area contributed by atoms with E-state index in [9.17, 15) is 0 Å². The molecular weight excluding hydrogens is 242 g/mol. The summed E-state index contributed by atoms with van der Waals surface area (Å²) in [5, 5.41) is 0. The van der Waals surface area contributed by atoms with Crippen LogP contribution in [0, 0.1) is 0 Å². The summed E-state index contributed by atoms with van der Waals surface area (Å²) in [6, 6.07) is 0. The maximum absolute atomic E-state index is 8.94. The second kappa shape index (κ2) is 9.39. The predicted octanol–water partition coefficient (Wildman–Crippen LogP) is -2.94. The van der Waals surface area contributed by atoms with Crippen molar-refractivity contribution in [2.45, 2.75) is 0 Å². The molecule has 0 aromatic rings. The molecule has 8 heteroatoms. The predicted molar refractivity (Wildman–Crippen MR) is 20.9 cm³/mol. The third kappa shape index (κ3) is 80.2. The molecule has 0 rings (SSSR count). The van der Waals surface area contributed by atoms with Gasteiger partial charge in [-0.1, -0.05) is 0 Å². The molecule has 0 bridgehead atoms. The molecule has 0 heterocycles. The van der Waals surface area contributed by atoms with E-state index in [4.69, 9.17) is 19.4 Å². The SMILES string of the molecule is O=[As](O)(O)O.[KH].[O]=[Ti]. The zero-order valence-corrected chi connectivity index (χ0v) is 6.54. The summed E-state index contributed by atoms with van der Waals surface area (Å²) in [6.45, 7) is 0. The maximum atomic E-state index is 8.94. The van der Waals surface area contributed by atoms with Gasteiger partial charge in [-0.3, -0.25) is 0 Å². The van der Waals surface area contributed by atoms with Crippen LogP contribution in [0.5, 0.6) is 0 Å². The molecular formula is H4AsKO5Ti. The third-order valence-corrected chi connectivity index (χ3v) is 0. The topological polar surface area (TPSA) is 94.8 Å². The molecule has 8 heavy (non-hydrogen) atoms. The van der Waals surface area contributed by atoms with Crippen molar-refractivity contribution in [2.24, 2.45) is 0 Å². The van der Waals surface area contributed by atoms with Crippen LogP contribution in [0.15, 0.2) is 0 Å². The molecule has 0 atom stereocenters. The fraction of sp³-hybridized carbons (Fsp3) is 0. The first-order chi connectivity index (χ1) is 3.00. The molecule has 0 unspecified atom stereocenters. The van der Waals surface area contributed by atoms with E-state index in [-0.39, 0.29) is 51.4 Å². The number of rotatable bonds is 0.